The summed E-state index contributed by atoms with van der Waals surface area (Å²) in [6.07, 6.45) is 0. The zero-order valence-electron chi connectivity index (χ0n) is 8.39. The molecule has 15 heavy (non-hydrogen) atoms. The highest BCUT2D eigenvalue weighted by molar-refractivity contribution is 6.00. The highest BCUT2D eigenvalue weighted by Gasteiger charge is 2.06. The first-order valence-electron chi connectivity index (χ1n) is 4.26. The van der Waals surface area contributed by atoms with Crippen molar-refractivity contribution in [1.29, 1.82) is 0 Å². The lowest BCUT2D eigenvalue weighted by atomic mass is 10.0. The van der Waals surface area contributed by atoms with Gasteiger partial charge in [-0.25, -0.2) is 0 Å². The number of rotatable bonds is 3. The summed E-state index contributed by atoms with van der Waals surface area (Å²) < 4.78 is 0. The summed E-state index contributed by atoms with van der Waals surface area (Å²) in [4.78, 5) is 24.9. The molecule has 0 spiro atoms. The van der Waals surface area contributed by atoms with Gasteiger partial charge < -0.3 is 0 Å². The Kier molecular flexibility index (Phi) is 3.21. The van der Waals surface area contributed by atoms with Crippen LogP contribution in [0.3, 0.4) is 0 Å². The van der Waals surface area contributed by atoms with Crippen molar-refractivity contribution in [2.24, 2.45) is 5.11 Å². The molecule has 1 aromatic carbocycles. The molecule has 1 aromatic rings. The fourth-order valence-electron chi connectivity index (χ4n) is 1.13. The van der Waals surface area contributed by atoms with E-state index in [0.717, 1.165) is 0 Å². The molecule has 0 heterocycles. The van der Waals surface area contributed by atoms with Crippen LogP contribution in [-0.4, -0.2) is 11.6 Å². The summed E-state index contributed by atoms with van der Waals surface area (Å²) in [5.41, 5.74) is 9.27. The van der Waals surface area contributed by atoms with Crippen LogP contribution in [0, 0.1) is 0 Å². The maximum atomic E-state index is 11.1. The number of hydrogen-bond acceptors (Lipinski definition) is 3. The molecule has 0 bridgehead atoms. The number of carbonyl (C=O) groups is 2. The lowest BCUT2D eigenvalue weighted by Gasteiger charge is -2.01. The molecule has 0 fully saturated rings. The highest BCUT2D eigenvalue weighted by atomic mass is 16.1. The van der Waals surface area contributed by atoms with Crippen LogP contribution in [0.2, 0.25) is 0 Å². The third-order valence-corrected chi connectivity index (χ3v) is 1.89. The van der Waals surface area contributed by atoms with Gasteiger partial charge in [-0.3, -0.25) is 9.59 Å². The Morgan fingerprint density at radius 1 is 1.13 bits per heavy atom. The van der Waals surface area contributed by atoms with E-state index in [1.54, 1.807) is 0 Å². The molecule has 0 atom stereocenters. The van der Waals surface area contributed by atoms with E-state index in [1.807, 2.05) is 0 Å². The van der Waals surface area contributed by atoms with Crippen LogP contribution in [0.1, 0.15) is 34.6 Å². The Labute approximate surface area is 86.3 Å². The highest BCUT2D eigenvalue weighted by Crippen LogP contribution is 2.19. The Hall–Kier alpha value is -2.13. The molecule has 5 nitrogen and oxygen atoms in total. The maximum absolute atomic E-state index is 11.1. The number of azide groups is 1. The summed E-state index contributed by atoms with van der Waals surface area (Å²) in [6.45, 7) is 2.78. The van der Waals surface area contributed by atoms with Crippen molar-refractivity contribution < 1.29 is 9.59 Å². The quantitative estimate of drug-likeness (QED) is 0.327. The number of nitrogens with zero attached hydrogens (tertiary/aromatic N) is 3. The predicted molar refractivity (Wildman–Crippen MR) is 55.3 cm³/mol. The van der Waals surface area contributed by atoms with E-state index in [0.29, 0.717) is 11.1 Å². The van der Waals surface area contributed by atoms with E-state index in [9.17, 15) is 9.59 Å². The van der Waals surface area contributed by atoms with Crippen molar-refractivity contribution >= 4 is 17.3 Å². The van der Waals surface area contributed by atoms with Gasteiger partial charge >= 0.3 is 0 Å². The molecular weight excluding hydrogens is 194 g/mol. The van der Waals surface area contributed by atoms with Crippen molar-refractivity contribution in [2.75, 3.05) is 0 Å². The number of benzene rings is 1. The van der Waals surface area contributed by atoms with E-state index >= 15 is 0 Å². The van der Waals surface area contributed by atoms with Gasteiger partial charge in [-0.05, 0) is 37.6 Å². The molecule has 0 aliphatic rings. The summed E-state index contributed by atoms with van der Waals surface area (Å²) >= 11 is 0. The Bertz CT molecular complexity index is 411. The average molecular weight is 203 g/mol. The van der Waals surface area contributed by atoms with Crippen molar-refractivity contribution in [1.82, 2.24) is 0 Å². The van der Waals surface area contributed by atoms with Crippen LogP contribution in [0.4, 0.5) is 5.69 Å². The molecule has 76 valence electrons. The minimum atomic E-state index is -0.174. The first-order valence-corrected chi connectivity index (χ1v) is 4.26. The van der Waals surface area contributed by atoms with Gasteiger partial charge in [-0.15, -0.1) is 0 Å². The molecule has 0 saturated heterocycles. The number of ketones is 2. The van der Waals surface area contributed by atoms with E-state index in [-0.39, 0.29) is 17.3 Å². The van der Waals surface area contributed by atoms with E-state index in [1.165, 1.54) is 32.0 Å². The molecule has 0 unspecified atom stereocenters. The fraction of sp³-hybridized carbons (Fsp3) is 0.200. The number of carbonyl (C=O) groups excluding carboxylic acids is 2. The van der Waals surface area contributed by atoms with Gasteiger partial charge in [0.2, 0.25) is 0 Å². The van der Waals surface area contributed by atoms with Crippen molar-refractivity contribution in [3.63, 3.8) is 0 Å². The number of Topliss-reactive ketones (excluding diaryl/α,β-unsaturated/α-hetero) is 2. The minimum absolute atomic E-state index is 0.174. The van der Waals surface area contributed by atoms with Gasteiger partial charge in [0, 0.05) is 21.7 Å². The predicted octanol–water partition coefficient (Wildman–Crippen LogP) is 3.03. The Morgan fingerprint density at radius 2 is 1.60 bits per heavy atom. The Balaban J connectivity index is 3.38. The van der Waals surface area contributed by atoms with E-state index in [4.69, 9.17) is 5.53 Å². The van der Waals surface area contributed by atoms with E-state index in [2.05, 4.69) is 10.0 Å². The van der Waals surface area contributed by atoms with Gasteiger partial charge in [0.1, 0.15) is 0 Å². The van der Waals surface area contributed by atoms with Crippen molar-refractivity contribution in [3.05, 3.63) is 39.8 Å². The molecule has 0 aliphatic heterocycles. The Morgan fingerprint density at radius 3 is 1.93 bits per heavy atom. The van der Waals surface area contributed by atoms with Gasteiger partial charge in [0.15, 0.2) is 11.6 Å². The molecule has 0 radical (unpaired) electrons. The van der Waals surface area contributed by atoms with Gasteiger partial charge in [-0.1, -0.05) is 5.11 Å². The van der Waals surface area contributed by atoms with Crippen LogP contribution in [0.15, 0.2) is 23.3 Å². The fourth-order valence-corrected chi connectivity index (χ4v) is 1.13. The summed E-state index contributed by atoms with van der Waals surface area (Å²) in [7, 11) is 0. The molecule has 0 N–H and O–H groups in total. The van der Waals surface area contributed by atoms with Crippen LogP contribution in [0.5, 0.6) is 0 Å². The lowest BCUT2D eigenvalue weighted by molar-refractivity contribution is 0.101. The SMILES string of the molecule is CC(=O)c1cc(N=[N+]=[N-])cc(C(C)=O)c1. The van der Waals surface area contributed by atoms with Crippen LogP contribution >= 0.6 is 0 Å². The summed E-state index contributed by atoms with van der Waals surface area (Å²) in [6, 6.07) is 4.39. The van der Waals surface area contributed by atoms with E-state index < -0.39 is 0 Å². The monoisotopic (exact) mass is 203 g/mol. The largest absolute Gasteiger partial charge is 0.295 e. The second kappa shape index (κ2) is 4.39. The average Bonchev–Trinajstić information content (AvgIpc) is 2.17. The smallest absolute Gasteiger partial charge is 0.159 e. The maximum Gasteiger partial charge on any atom is 0.159 e. The summed E-state index contributed by atoms with van der Waals surface area (Å²) in [5.74, 6) is -0.347. The third-order valence-electron chi connectivity index (χ3n) is 1.89. The first-order chi connectivity index (χ1) is 7.04. The second-order valence-electron chi connectivity index (χ2n) is 3.07. The van der Waals surface area contributed by atoms with Crippen molar-refractivity contribution in [3.8, 4) is 0 Å². The molecule has 5 heteroatoms. The van der Waals surface area contributed by atoms with Crippen LogP contribution in [-0.2, 0) is 0 Å². The molecule has 0 amide bonds. The first kappa shape index (κ1) is 10.9. The molecule has 1 rings (SSSR count). The zero-order valence-corrected chi connectivity index (χ0v) is 8.39. The lowest BCUT2D eigenvalue weighted by Crippen LogP contribution is -1.97. The van der Waals surface area contributed by atoms with Gasteiger partial charge in [0.25, 0.3) is 0 Å². The van der Waals surface area contributed by atoms with Gasteiger partial charge in [-0.2, -0.15) is 0 Å². The van der Waals surface area contributed by atoms with Crippen molar-refractivity contribution in [2.45, 2.75) is 13.8 Å². The third kappa shape index (κ3) is 2.65. The standard InChI is InChI=1S/C10H9N3O2/c1-6(14)8-3-9(7(2)15)5-10(4-8)12-13-11/h3-5H,1-2H3. The van der Waals surface area contributed by atoms with Crippen LogP contribution < -0.4 is 0 Å². The van der Waals surface area contributed by atoms with Crippen LogP contribution in [0.25, 0.3) is 10.4 Å². The topological polar surface area (TPSA) is 82.9 Å². The van der Waals surface area contributed by atoms with Gasteiger partial charge in [0.05, 0.1) is 0 Å². The summed E-state index contributed by atoms with van der Waals surface area (Å²) in [5, 5.41) is 3.37. The molecular formula is C10H9N3O2. The molecule has 0 saturated carbocycles. The molecule has 0 aliphatic carbocycles. The normalized spacial score (nSPS) is 9.20. The minimum Gasteiger partial charge on any atom is -0.295 e. The molecule has 0 aromatic heterocycles. The number of hydrogen-bond donors (Lipinski definition) is 0. The zero-order chi connectivity index (χ0) is 11.4. The second-order valence-corrected chi connectivity index (χ2v) is 3.07.